The number of nitrogens with two attached hydrogens (primary N) is 1. The summed E-state index contributed by atoms with van der Waals surface area (Å²) in [7, 11) is 0. The first-order valence-corrected chi connectivity index (χ1v) is 8.26. The molecule has 3 N–H and O–H groups in total. The summed E-state index contributed by atoms with van der Waals surface area (Å²) in [4.78, 5) is 24.0. The highest BCUT2D eigenvalue weighted by molar-refractivity contribution is 5.77. The molecule has 0 atom stereocenters. The Morgan fingerprint density at radius 2 is 2.08 bits per heavy atom. The smallest absolute Gasteiger partial charge is 0.274 e. The Bertz CT molecular complexity index is 1000. The maximum Gasteiger partial charge on any atom is 0.274 e. The third-order valence-electron chi connectivity index (χ3n) is 4.35. The highest BCUT2D eigenvalue weighted by atomic mass is 19.1. The molecular formula is C18H22FN5O. The van der Waals surface area contributed by atoms with Crippen LogP contribution in [-0.4, -0.2) is 19.5 Å². The van der Waals surface area contributed by atoms with Crippen LogP contribution in [0.2, 0.25) is 0 Å². The predicted octanol–water partition coefficient (Wildman–Crippen LogP) is 2.70. The van der Waals surface area contributed by atoms with Crippen molar-refractivity contribution in [3.8, 4) is 0 Å². The molecule has 0 saturated heterocycles. The fraction of sp³-hybridized carbons (Fsp3) is 0.389. The number of nitrogens with zero attached hydrogens (tertiary/aromatic N) is 3. The van der Waals surface area contributed by atoms with E-state index in [1.165, 1.54) is 6.20 Å². The number of imidazole rings is 1. The van der Waals surface area contributed by atoms with E-state index in [9.17, 15) is 9.18 Å². The number of aryl methyl sites for hydroxylation is 1. The first kappa shape index (κ1) is 17.1. The molecule has 0 radical (unpaired) electrons. The second-order valence-corrected chi connectivity index (χ2v) is 6.82. The molecule has 3 heterocycles. The number of hydrogen-bond acceptors (Lipinski definition) is 4. The van der Waals surface area contributed by atoms with Gasteiger partial charge in [0, 0.05) is 5.69 Å². The van der Waals surface area contributed by atoms with Crippen molar-refractivity contribution in [1.82, 2.24) is 19.5 Å². The Hall–Kier alpha value is -2.70. The topological polar surface area (TPSA) is 89.6 Å². The molecule has 0 aliphatic rings. The van der Waals surface area contributed by atoms with Crippen LogP contribution in [0, 0.1) is 25.6 Å². The Morgan fingerprint density at radius 3 is 2.76 bits per heavy atom. The molecule has 0 fully saturated rings. The summed E-state index contributed by atoms with van der Waals surface area (Å²) in [6, 6.07) is 1.66. The number of aromatic nitrogens is 4. The zero-order chi connectivity index (χ0) is 18.3. The largest absolute Gasteiger partial charge is 0.394 e. The van der Waals surface area contributed by atoms with Crippen LogP contribution in [0.15, 0.2) is 17.1 Å². The molecule has 25 heavy (non-hydrogen) atoms. The van der Waals surface area contributed by atoms with Crippen LogP contribution in [0.25, 0.3) is 11.0 Å². The van der Waals surface area contributed by atoms with Crippen molar-refractivity contribution in [3.63, 3.8) is 0 Å². The highest BCUT2D eigenvalue weighted by Crippen LogP contribution is 2.21. The third-order valence-corrected chi connectivity index (χ3v) is 4.35. The summed E-state index contributed by atoms with van der Waals surface area (Å²) in [5.74, 6) is 0.411. The standard InChI is InChI=1S/C18H22FN5O/c1-9(2)5-14-17-16(12(19)7-21-14)22-15(23-17)8-24-11(4)10(3)6-13(20)18(24)25/h6-7,9H,5,8,20H2,1-4H3,(H,22,23). The SMILES string of the molecule is Cc1cc(N)c(=O)n(Cc2nc3c(F)cnc(CC(C)C)c3[nH]2)c1C. The predicted molar refractivity (Wildman–Crippen MR) is 96.1 cm³/mol. The van der Waals surface area contributed by atoms with Gasteiger partial charge in [0.25, 0.3) is 5.56 Å². The van der Waals surface area contributed by atoms with Gasteiger partial charge in [0.05, 0.1) is 29.6 Å². The van der Waals surface area contributed by atoms with Gasteiger partial charge in [0.2, 0.25) is 0 Å². The van der Waals surface area contributed by atoms with Gasteiger partial charge in [-0.05, 0) is 37.8 Å². The molecule has 7 heteroatoms. The van der Waals surface area contributed by atoms with Gasteiger partial charge in [-0.15, -0.1) is 0 Å². The van der Waals surface area contributed by atoms with E-state index in [0.717, 1.165) is 23.4 Å². The van der Waals surface area contributed by atoms with E-state index in [0.29, 0.717) is 17.3 Å². The Balaban J connectivity index is 2.10. The van der Waals surface area contributed by atoms with E-state index in [-0.39, 0.29) is 23.3 Å². The van der Waals surface area contributed by atoms with Gasteiger partial charge < -0.3 is 15.3 Å². The van der Waals surface area contributed by atoms with Crippen LogP contribution in [0.5, 0.6) is 0 Å². The van der Waals surface area contributed by atoms with Crippen LogP contribution in [0.3, 0.4) is 0 Å². The number of halogens is 1. The lowest BCUT2D eigenvalue weighted by molar-refractivity contribution is 0.616. The van der Waals surface area contributed by atoms with Crippen molar-refractivity contribution in [3.05, 3.63) is 51.2 Å². The van der Waals surface area contributed by atoms with Crippen molar-refractivity contribution in [1.29, 1.82) is 0 Å². The van der Waals surface area contributed by atoms with E-state index in [1.54, 1.807) is 10.6 Å². The van der Waals surface area contributed by atoms with Crippen molar-refractivity contribution in [2.45, 2.75) is 40.7 Å². The average Bonchev–Trinajstić information content (AvgIpc) is 2.97. The first-order valence-electron chi connectivity index (χ1n) is 8.26. The van der Waals surface area contributed by atoms with E-state index < -0.39 is 5.82 Å². The molecule has 6 nitrogen and oxygen atoms in total. The molecule has 0 saturated carbocycles. The Labute approximate surface area is 144 Å². The number of anilines is 1. The molecule has 3 aromatic heterocycles. The van der Waals surface area contributed by atoms with Gasteiger partial charge >= 0.3 is 0 Å². The lowest BCUT2D eigenvalue weighted by atomic mass is 10.1. The molecule has 3 rings (SSSR count). The summed E-state index contributed by atoms with van der Waals surface area (Å²) in [6.07, 6.45) is 1.92. The number of fused-ring (bicyclic) bond motifs is 1. The van der Waals surface area contributed by atoms with Crippen molar-refractivity contribution in [2.75, 3.05) is 5.73 Å². The van der Waals surface area contributed by atoms with Crippen LogP contribution >= 0.6 is 0 Å². The van der Waals surface area contributed by atoms with Gasteiger partial charge in [-0.2, -0.15) is 0 Å². The lowest BCUT2D eigenvalue weighted by Gasteiger charge is -2.12. The second kappa shape index (κ2) is 6.31. The van der Waals surface area contributed by atoms with E-state index in [4.69, 9.17) is 5.73 Å². The molecule has 0 spiro atoms. The van der Waals surface area contributed by atoms with Crippen LogP contribution in [-0.2, 0) is 13.0 Å². The molecule has 3 aromatic rings. The number of nitrogen functional groups attached to an aromatic ring is 1. The number of nitrogens with one attached hydrogen (secondary N) is 1. The zero-order valence-electron chi connectivity index (χ0n) is 14.9. The second-order valence-electron chi connectivity index (χ2n) is 6.82. The highest BCUT2D eigenvalue weighted by Gasteiger charge is 2.16. The number of H-pyrrole nitrogens is 1. The maximum atomic E-state index is 14.1. The first-order chi connectivity index (χ1) is 11.8. The monoisotopic (exact) mass is 343 g/mol. The van der Waals surface area contributed by atoms with Crippen LogP contribution in [0.1, 0.15) is 36.6 Å². The summed E-state index contributed by atoms with van der Waals surface area (Å²) >= 11 is 0. The molecule has 0 unspecified atom stereocenters. The summed E-state index contributed by atoms with van der Waals surface area (Å²) < 4.78 is 15.7. The molecular weight excluding hydrogens is 321 g/mol. The average molecular weight is 343 g/mol. The normalized spacial score (nSPS) is 11.6. The molecule has 0 amide bonds. The zero-order valence-corrected chi connectivity index (χ0v) is 14.9. The van der Waals surface area contributed by atoms with Crippen molar-refractivity contribution in [2.24, 2.45) is 5.92 Å². The van der Waals surface area contributed by atoms with E-state index in [1.807, 2.05) is 13.8 Å². The Morgan fingerprint density at radius 1 is 1.36 bits per heavy atom. The fourth-order valence-electron chi connectivity index (χ4n) is 2.94. The molecule has 0 aliphatic heterocycles. The maximum absolute atomic E-state index is 14.1. The summed E-state index contributed by atoms with van der Waals surface area (Å²) in [5, 5.41) is 0. The Kier molecular flexibility index (Phi) is 4.32. The third kappa shape index (κ3) is 3.14. The lowest BCUT2D eigenvalue weighted by Crippen LogP contribution is -2.26. The number of aromatic amines is 1. The molecule has 132 valence electrons. The van der Waals surface area contributed by atoms with Crippen molar-refractivity contribution < 1.29 is 4.39 Å². The minimum Gasteiger partial charge on any atom is -0.394 e. The van der Waals surface area contributed by atoms with Crippen LogP contribution in [0.4, 0.5) is 10.1 Å². The molecule has 0 bridgehead atoms. The summed E-state index contributed by atoms with van der Waals surface area (Å²) in [5.41, 5.74) is 9.05. The number of rotatable bonds is 4. The quantitative estimate of drug-likeness (QED) is 0.762. The van der Waals surface area contributed by atoms with Gasteiger partial charge in [0.15, 0.2) is 5.82 Å². The van der Waals surface area contributed by atoms with Gasteiger partial charge in [-0.1, -0.05) is 13.8 Å². The van der Waals surface area contributed by atoms with E-state index in [2.05, 4.69) is 28.8 Å². The van der Waals surface area contributed by atoms with E-state index >= 15 is 0 Å². The summed E-state index contributed by atoms with van der Waals surface area (Å²) in [6.45, 7) is 8.10. The molecule has 0 aliphatic carbocycles. The fourth-order valence-corrected chi connectivity index (χ4v) is 2.94. The minimum atomic E-state index is -0.474. The van der Waals surface area contributed by atoms with Gasteiger partial charge in [-0.3, -0.25) is 9.78 Å². The van der Waals surface area contributed by atoms with Crippen LogP contribution < -0.4 is 11.3 Å². The van der Waals surface area contributed by atoms with Gasteiger partial charge in [0.1, 0.15) is 11.3 Å². The van der Waals surface area contributed by atoms with Crippen molar-refractivity contribution >= 4 is 16.7 Å². The number of hydrogen-bond donors (Lipinski definition) is 2. The number of pyridine rings is 2. The molecule has 0 aromatic carbocycles. The van der Waals surface area contributed by atoms with Gasteiger partial charge in [-0.25, -0.2) is 9.37 Å². The minimum absolute atomic E-state index is 0.188.